The van der Waals surface area contributed by atoms with Gasteiger partial charge in [0.2, 0.25) is 0 Å². The number of nitrogens with zero attached hydrogens (tertiary/aromatic N) is 2. The summed E-state index contributed by atoms with van der Waals surface area (Å²) in [5.74, 6) is 0.920. The van der Waals surface area contributed by atoms with Gasteiger partial charge in [0.05, 0.1) is 0 Å². The van der Waals surface area contributed by atoms with Crippen LogP contribution in [0.15, 0.2) is 42.5 Å². The molecule has 1 fully saturated rings. The topological polar surface area (TPSA) is 76.1 Å². The number of amides is 1. The number of hydrogen-bond acceptors (Lipinski definition) is 5. The first-order valence-corrected chi connectivity index (χ1v) is 9.27. The smallest absolute Gasteiger partial charge is 0.272 e. The number of carbonyl (C=O) groups excluding carboxylic acids is 1. The van der Waals surface area contributed by atoms with E-state index in [1.807, 2.05) is 12.1 Å². The van der Waals surface area contributed by atoms with Crippen molar-refractivity contribution in [1.29, 1.82) is 0 Å². The summed E-state index contributed by atoms with van der Waals surface area (Å²) < 4.78 is 5.30. The summed E-state index contributed by atoms with van der Waals surface area (Å²) >= 11 is 0. The molecule has 1 unspecified atom stereocenters. The Morgan fingerprint density at radius 3 is 2.58 bits per heavy atom. The van der Waals surface area contributed by atoms with Gasteiger partial charge in [-0.15, -0.1) is 10.2 Å². The molecule has 26 heavy (non-hydrogen) atoms. The molecule has 2 heterocycles. The molecular formula is C20H26N4O2. The van der Waals surface area contributed by atoms with E-state index >= 15 is 0 Å². The quantitative estimate of drug-likeness (QED) is 0.799. The molecule has 2 N–H and O–H groups in total. The molecule has 6 heteroatoms. The zero-order valence-electron chi connectivity index (χ0n) is 15.1. The van der Waals surface area contributed by atoms with Gasteiger partial charge in [0.25, 0.3) is 5.91 Å². The Balaban J connectivity index is 1.53. The summed E-state index contributed by atoms with van der Waals surface area (Å²) in [6.07, 6.45) is 2.73. The van der Waals surface area contributed by atoms with Crippen molar-refractivity contribution in [2.75, 3.05) is 25.1 Å². The van der Waals surface area contributed by atoms with Crippen LogP contribution in [0.3, 0.4) is 0 Å². The van der Waals surface area contributed by atoms with Crippen LogP contribution in [0.25, 0.3) is 0 Å². The van der Waals surface area contributed by atoms with E-state index in [0.717, 1.165) is 25.8 Å². The second kappa shape index (κ2) is 9.29. The maximum absolute atomic E-state index is 12.2. The number of nitrogens with one attached hydrogen (secondary N) is 2. The number of hydrogen-bond donors (Lipinski definition) is 2. The highest BCUT2D eigenvalue weighted by Gasteiger charge is 2.18. The van der Waals surface area contributed by atoms with E-state index in [9.17, 15) is 4.79 Å². The van der Waals surface area contributed by atoms with Crippen LogP contribution in [0.5, 0.6) is 0 Å². The Kier molecular flexibility index (Phi) is 6.55. The van der Waals surface area contributed by atoms with Crippen LogP contribution < -0.4 is 10.6 Å². The predicted octanol–water partition coefficient (Wildman–Crippen LogP) is 2.99. The van der Waals surface area contributed by atoms with Crippen molar-refractivity contribution in [3.8, 4) is 0 Å². The maximum atomic E-state index is 12.2. The molecule has 2 aromatic rings. The number of anilines is 1. The zero-order chi connectivity index (χ0) is 18.2. The third-order valence-corrected chi connectivity index (χ3v) is 4.75. The van der Waals surface area contributed by atoms with Gasteiger partial charge in [-0.25, -0.2) is 0 Å². The Morgan fingerprint density at radius 1 is 1.15 bits per heavy atom. The van der Waals surface area contributed by atoms with Crippen LogP contribution >= 0.6 is 0 Å². The van der Waals surface area contributed by atoms with E-state index in [1.54, 1.807) is 6.07 Å². The van der Waals surface area contributed by atoms with Crippen molar-refractivity contribution >= 4 is 11.7 Å². The van der Waals surface area contributed by atoms with E-state index in [1.165, 1.54) is 5.56 Å². The van der Waals surface area contributed by atoms with E-state index in [2.05, 4.69) is 52.0 Å². The third-order valence-electron chi connectivity index (χ3n) is 4.75. The Bertz CT molecular complexity index is 685. The fourth-order valence-corrected chi connectivity index (χ4v) is 3.10. The molecule has 1 amide bonds. The van der Waals surface area contributed by atoms with Gasteiger partial charge in [0.1, 0.15) is 5.82 Å². The average Bonchev–Trinajstić information content (AvgIpc) is 2.70. The van der Waals surface area contributed by atoms with Crippen molar-refractivity contribution in [3.05, 3.63) is 53.7 Å². The second-order valence-electron chi connectivity index (χ2n) is 6.56. The fourth-order valence-electron chi connectivity index (χ4n) is 3.10. The largest absolute Gasteiger partial charge is 0.381 e. The molecule has 138 valence electrons. The average molecular weight is 354 g/mol. The van der Waals surface area contributed by atoms with Gasteiger partial charge in [-0.1, -0.05) is 37.3 Å². The van der Waals surface area contributed by atoms with E-state index in [0.29, 0.717) is 30.6 Å². The number of rotatable bonds is 7. The van der Waals surface area contributed by atoms with Gasteiger partial charge < -0.3 is 15.4 Å². The van der Waals surface area contributed by atoms with Gasteiger partial charge in [-0.05, 0) is 37.0 Å². The summed E-state index contributed by atoms with van der Waals surface area (Å²) in [7, 11) is 0. The molecule has 1 atom stereocenters. The number of aromatic nitrogens is 2. The molecule has 0 spiro atoms. The van der Waals surface area contributed by atoms with Crippen LogP contribution in [0.4, 0.5) is 5.82 Å². The summed E-state index contributed by atoms with van der Waals surface area (Å²) in [4.78, 5) is 12.2. The molecular weight excluding hydrogens is 328 g/mol. The zero-order valence-corrected chi connectivity index (χ0v) is 15.1. The molecule has 1 aliphatic rings. The van der Waals surface area contributed by atoms with Crippen molar-refractivity contribution in [3.63, 3.8) is 0 Å². The molecule has 1 saturated heterocycles. The van der Waals surface area contributed by atoms with Gasteiger partial charge in [0, 0.05) is 31.7 Å². The lowest BCUT2D eigenvalue weighted by atomic mass is 9.96. The summed E-state index contributed by atoms with van der Waals surface area (Å²) in [5.41, 5.74) is 1.65. The third kappa shape index (κ3) is 5.02. The molecule has 3 rings (SSSR count). The molecule has 0 aliphatic carbocycles. The Labute approximate surface area is 154 Å². The van der Waals surface area contributed by atoms with E-state index < -0.39 is 0 Å². The van der Waals surface area contributed by atoms with Crippen LogP contribution in [0.1, 0.15) is 48.2 Å². The molecule has 0 radical (unpaired) electrons. The monoisotopic (exact) mass is 354 g/mol. The van der Waals surface area contributed by atoms with E-state index in [-0.39, 0.29) is 11.9 Å². The normalized spacial score (nSPS) is 16.0. The SMILES string of the molecule is CCC(CNc1ccc(C(=O)NC2CCOCC2)nn1)c1ccccc1. The van der Waals surface area contributed by atoms with Crippen LogP contribution in [0, 0.1) is 0 Å². The number of ether oxygens (including phenoxy) is 1. The molecule has 1 aromatic heterocycles. The highest BCUT2D eigenvalue weighted by atomic mass is 16.5. The first-order valence-electron chi connectivity index (χ1n) is 9.27. The van der Waals surface area contributed by atoms with E-state index in [4.69, 9.17) is 4.74 Å². The van der Waals surface area contributed by atoms with Crippen molar-refractivity contribution in [2.45, 2.75) is 38.1 Å². The van der Waals surface area contributed by atoms with Crippen molar-refractivity contribution < 1.29 is 9.53 Å². The van der Waals surface area contributed by atoms with Crippen LogP contribution in [-0.4, -0.2) is 41.9 Å². The molecule has 1 aromatic carbocycles. The second-order valence-corrected chi connectivity index (χ2v) is 6.56. The van der Waals surface area contributed by atoms with Gasteiger partial charge >= 0.3 is 0 Å². The Hall–Kier alpha value is -2.47. The maximum Gasteiger partial charge on any atom is 0.272 e. The fraction of sp³-hybridized carbons (Fsp3) is 0.450. The first-order chi connectivity index (χ1) is 12.8. The van der Waals surface area contributed by atoms with Gasteiger partial charge in [0.15, 0.2) is 5.69 Å². The Morgan fingerprint density at radius 2 is 1.92 bits per heavy atom. The van der Waals surface area contributed by atoms with Gasteiger partial charge in [-0.3, -0.25) is 4.79 Å². The summed E-state index contributed by atoms with van der Waals surface area (Å²) in [6.45, 7) is 4.34. The molecule has 0 bridgehead atoms. The minimum absolute atomic E-state index is 0.159. The van der Waals surface area contributed by atoms with Crippen LogP contribution in [0.2, 0.25) is 0 Å². The minimum atomic E-state index is -0.174. The highest BCUT2D eigenvalue weighted by Crippen LogP contribution is 2.19. The molecule has 1 aliphatic heterocycles. The highest BCUT2D eigenvalue weighted by molar-refractivity contribution is 5.92. The predicted molar refractivity (Wildman–Crippen MR) is 101 cm³/mol. The first kappa shape index (κ1) is 18.3. The molecule has 6 nitrogen and oxygen atoms in total. The molecule has 0 saturated carbocycles. The standard InChI is InChI=1S/C20H26N4O2/c1-2-15(16-6-4-3-5-7-16)14-21-19-9-8-18(23-24-19)20(25)22-17-10-12-26-13-11-17/h3-9,15,17H,2,10-14H2,1H3,(H,21,24)(H,22,25). The minimum Gasteiger partial charge on any atom is -0.381 e. The van der Waals surface area contributed by atoms with Crippen molar-refractivity contribution in [2.24, 2.45) is 0 Å². The summed E-state index contributed by atoms with van der Waals surface area (Å²) in [6, 6.07) is 14.1. The van der Waals surface area contributed by atoms with Crippen LogP contribution in [-0.2, 0) is 4.74 Å². The van der Waals surface area contributed by atoms with Crippen molar-refractivity contribution in [1.82, 2.24) is 15.5 Å². The lowest BCUT2D eigenvalue weighted by Crippen LogP contribution is -2.39. The lowest BCUT2D eigenvalue weighted by Gasteiger charge is -2.22. The number of benzene rings is 1. The van der Waals surface area contributed by atoms with Gasteiger partial charge in [-0.2, -0.15) is 0 Å². The number of carbonyl (C=O) groups is 1. The lowest BCUT2D eigenvalue weighted by molar-refractivity contribution is 0.0693. The summed E-state index contributed by atoms with van der Waals surface area (Å²) in [5, 5.41) is 14.5.